The van der Waals surface area contributed by atoms with Crippen molar-refractivity contribution in [1.29, 1.82) is 0 Å². The van der Waals surface area contributed by atoms with E-state index in [1.54, 1.807) is 0 Å². The predicted molar refractivity (Wildman–Crippen MR) is 114 cm³/mol. The molecule has 1 aliphatic rings. The summed E-state index contributed by atoms with van der Waals surface area (Å²) in [6, 6.07) is 18.7. The van der Waals surface area contributed by atoms with Crippen LogP contribution < -0.4 is 4.90 Å². The molecule has 0 saturated carbocycles. The molecule has 1 aliphatic heterocycles. The van der Waals surface area contributed by atoms with Crippen molar-refractivity contribution in [2.45, 2.75) is 35.4 Å². The number of rotatable bonds is 7. The van der Waals surface area contributed by atoms with Gasteiger partial charge in [0.25, 0.3) is 0 Å². The first-order chi connectivity index (χ1) is 13.1. The summed E-state index contributed by atoms with van der Waals surface area (Å²) in [4.78, 5) is 16.0. The quantitative estimate of drug-likeness (QED) is 0.467. The number of Topliss-reactive ketones (excluding diaryl/α,β-unsaturated/α-hetero) is 1. The van der Waals surface area contributed by atoms with Crippen LogP contribution in [0.25, 0.3) is 0 Å². The number of hydrogen-bond donors (Lipinski definition) is 0. The van der Waals surface area contributed by atoms with Crippen LogP contribution in [-0.4, -0.2) is 46.7 Å². The first-order valence-electron chi connectivity index (χ1n) is 9.76. The number of morpholine rings is 1. The van der Waals surface area contributed by atoms with Gasteiger partial charge in [0.15, 0.2) is 0 Å². The standard InChI is InChI=1S/C23H30AsNO2/c1-4-23(24(2)3,18-19-8-6-5-7-9-19)22(26)20-10-12-21(13-11-20)25-14-16-27-17-15-25/h5-13H,4,14-18H2,1-3H3. The van der Waals surface area contributed by atoms with E-state index in [0.717, 1.165) is 44.7 Å². The predicted octanol–water partition coefficient (Wildman–Crippen LogP) is 4.85. The van der Waals surface area contributed by atoms with Crippen LogP contribution in [0, 0.1) is 0 Å². The van der Waals surface area contributed by atoms with Gasteiger partial charge in [0.05, 0.1) is 0 Å². The molecule has 0 bridgehead atoms. The second-order valence-corrected chi connectivity index (χ2v) is 13.0. The minimum atomic E-state index is -1.31. The van der Waals surface area contributed by atoms with Gasteiger partial charge in [-0.25, -0.2) is 0 Å². The number of benzene rings is 2. The fraction of sp³-hybridized carbons (Fsp3) is 0.435. The first kappa shape index (κ1) is 20.2. The van der Waals surface area contributed by atoms with Crippen LogP contribution >= 0.6 is 0 Å². The summed E-state index contributed by atoms with van der Waals surface area (Å²) >= 11 is -1.31. The molecule has 1 fully saturated rings. The van der Waals surface area contributed by atoms with E-state index < -0.39 is 14.7 Å². The molecule has 2 aromatic carbocycles. The van der Waals surface area contributed by atoms with Gasteiger partial charge in [-0.2, -0.15) is 0 Å². The van der Waals surface area contributed by atoms with E-state index in [1.807, 2.05) is 18.2 Å². The van der Waals surface area contributed by atoms with E-state index in [-0.39, 0.29) is 4.20 Å². The van der Waals surface area contributed by atoms with Crippen molar-refractivity contribution in [3.63, 3.8) is 0 Å². The Kier molecular flexibility index (Phi) is 6.78. The van der Waals surface area contributed by atoms with Gasteiger partial charge < -0.3 is 0 Å². The molecule has 2 aromatic rings. The van der Waals surface area contributed by atoms with Crippen molar-refractivity contribution in [3.8, 4) is 0 Å². The van der Waals surface area contributed by atoms with E-state index in [4.69, 9.17) is 4.74 Å². The Balaban J connectivity index is 1.85. The first-order valence-corrected chi connectivity index (χ1v) is 14.4. The average Bonchev–Trinajstić information content (AvgIpc) is 2.73. The summed E-state index contributed by atoms with van der Waals surface area (Å²) in [7, 11) is 0. The molecule has 4 heteroatoms. The van der Waals surface area contributed by atoms with Gasteiger partial charge in [-0.15, -0.1) is 0 Å². The van der Waals surface area contributed by atoms with Gasteiger partial charge in [0.1, 0.15) is 0 Å². The summed E-state index contributed by atoms with van der Waals surface area (Å²) in [6.45, 7) is 5.56. The molecule has 3 rings (SSSR count). The monoisotopic (exact) mass is 427 g/mol. The topological polar surface area (TPSA) is 29.5 Å². The van der Waals surface area contributed by atoms with Gasteiger partial charge in [-0.05, 0) is 0 Å². The molecule has 0 spiro atoms. The molecule has 1 atom stereocenters. The van der Waals surface area contributed by atoms with E-state index in [9.17, 15) is 4.79 Å². The van der Waals surface area contributed by atoms with Crippen LogP contribution in [0.5, 0.6) is 0 Å². The second-order valence-electron chi connectivity index (χ2n) is 7.42. The molecule has 0 aliphatic carbocycles. The maximum absolute atomic E-state index is 13.6. The van der Waals surface area contributed by atoms with Crippen LogP contribution in [0.1, 0.15) is 29.3 Å². The fourth-order valence-electron chi connectivity index (χ4n) is 3.89. The number of nitrogens with zero attached hydrogens (tertiary/aromatic N) is 1. The SMILES string of the molecule is CCC(Cc1ccccc1)(C(=O)c1ccc(N2CCOCC2)cc1)[As](C)C. The molecule has 0 radical (unpaired) electrons. The molecular weight excluding hydrogens is 397 g/mol. The molecule has 3 nitrogen and oxygen atoms in total. The second kappa shape index (κ2) is 9.08. The Morgan fingerprint density at radius 3 is 2.22 bits per heavy atom. The number of anilines is 1. The zero-order valence-corrected chi connectivity index (χ0v) is 18.5. The Bertz CT molecular complexity index is 739. The zero-order chi connectivity index (χ0) is 19.3. The third kappa shape index (κ3) is 4.47. The fourth-order valence-corrected chi connectivity index (χ4v) is 7.39. The minimum absolute atomic E-state index is 0.227. The van der Waals surface area contributed by atoms with Crippen LogP contribution in [0.4, 0.5) is 5.69 Å². The molecule has 27 heavy (non-hydrogen) atoms. The van der Waals surface area contributed by atoms with Gasteiger partial charge in [-0.3, -0.25) is 0 Å². The molecule has 0 aromatic heterocycles. The summed E-state index contributed by atoms with van der Waals surface area (Å²) < 4.78 is 5.21. The van der Waals surface area contributed by atoms with Gasteiger partial charge >= 0.3 is 168 Å². The molecule has 1 unspecified atom stereocenters. The number of hydrogen-bond acceptors (Lipinski definition) is 3. The van der Waals surface area contributed by atoms with Gasteiger partial charge in [-0.1, -0.05) is 0 Å². The third-order valence-electron chi connectivity index (χ3n) is 5.71. The van der Waals surface area contributed by atoms with E-state index in [2.05, 4.69) is 59.6 Å². The van der Waals surface area contributed by atoms with Gasteiger partial charge in [0.2, 0.25) is 0 Å². The van der Waals surface area contributed by atoms with Crippen LogP contribution in [-0.2, 0) is 11.2 Å². The van der Waals surface area contributed by atoms with E-state index in [0.29, 0.717) is 5.78 Å². The Labute approximate surface area is 168 Å². The van der Waals surface area contributed by atoms with Crippen LogP contribution in [0.15, 0.2) is 54.6 Å². The van der Waals surface area contributed by atoms with Crippen molar-refractivity contribution < 1.29 is 9.53 Å². The van der Waals surface area contributed by atoms with E-state index in [1.165, 1.54) is 11.3 Å². The number of ketones is 1. The Hall–Kier alpha value is -1.57. The van der Waals surface area contributed by atoms with E-state index >= 15 is 0 Å². The molecular formula is C23H30AsNO2. The van der Waals surface area contributed by atoms with Crippen molar-refractivity contribution in [3.05, 3.63) is 65.7 Å². The third-order valence-corrected chi connectivity index (χ3v) is 10.7. The summed E-state index contributed by atoms with van der Waals surface area (Å²) in [5, 5.41) is 0. The molecule has 1 heterocycles. The van der Waals surface area contributed by atoms with Crippen molar-refractivity contribution >= 4 is 26.1 Å². The normalized spacial score (nSPS) is 17.0. The number of carbonyl (C=O) groups is 1. The van der Waals surface area contributed by atoms with Crippen LogP contribution in [0.3, 0.4) is 0 Å². The number of ether oxygens (including phenoxy) is 1. The maximum atomic E-state index is 13.6. The Morgan fingerprint density at radius 2 is 1.67 bits per heavy atom. The summed E-state index contributed by atoms with van der Waals surface area (Å²) in [6.07, 6.45) is 1.75. The summed E-state index contributed by atoms with van der Waals surface area (Å²) in [5.41, 5.74) is 7.94. The molecule has 1 saturated heterocycles. The molecule has 144 valence electrons. The van der Waals surface area contributed by atoms with Crippen molar-refractivity contribution in [2.75, 3.05) is 31.2 Å². The average molecular weight is 427 g/mol. The van der Waals surface area contributed by atoms with Gasteiger partial charge in [0, 0.05) is 0 Å². The van der Waals surface area contributed by atoms with Crippen LogP contribution in [0.2, 0.25) is 15.6 Å². The Morgan fingerprint density at radius 1 is 1.04 bits per heavy atom. The number of carbonyl (C=O) groups excluding carboxylic acids is 1. The van der Waals surface area contributed by atoms with Crippen molar-refractivity contribution in [1.82, 2.24) is 0 Å². The van der Waals surface area contributed by atoms with Crippen molar-refractivity contribution in [2.24, 2.45) is 0 Å². The zero-order valence-electron chi connectivity index (χ0n) is 16.6. The molecule has 0 amide bonds. The molecule has 0 N–H and O–H groups in total. The summed E-state index contributed by atoms with van der Waals surface area (Å²) in [5.74, 6) is 0.326.